The van der Waals surface area contributed by atoms with Gasteiger partial charge >= 0.3 is 0 Å². The highest BCUT2D eigenvalue weighted by molar-refractivity contribution is 5.41. The number of rotatable bonds is 3. The van der Waals surface area contributed by atoms with Crippen LogP contribution in [0.1, 0.15) is 11.5 Å². The zero-order valence-electron chi connectivity index (χ0n) is 10.3. The van der Waals surface area contributed by atoms with Crippen molar-refractivity contribution in [2.24, 2.45) is 0 Å². The summed E-state index contributed by atoms with van der Waals surface area (Å²) in [5.74, 6) is -0.465. The number of nitriles is 1. The van der Waals surface area contributed by atoms with E-state index < -0.39 is 16.4 Å². The second-order valence-corrected chi connectivity index (χ2v) is 4.18. The minimum Gasteiger partial charge on any atom is -0.356 e. The summed E-state index contributed by atoms with van der Waals surface area (Å²) in [4.78, 5) is 10.7. The summed E-state index contributed by atoms with van der Waals surface area (Å²) in [5.41, 5.74) is -0.588. The Balaban J connectivity index is 2.47. The van der Waals surface area contributed by atoms with Crippen molar-refractivity contribution in [2.45, 2.75) is 11.5 Å². The highest BCUT2D eigenvalue weighted by atomic mass is 16.6. The molecule has 0 fully saturated rings. The van der Waals surface area contributed by atoms with Gasteiger partial charge in [0.25, 0.3) is 5.70 Å². The van der Waals surface area contributed by atoms with Gasteiger partial charge in [-0.25, -0.2) is 0 Å². The number of hydrogen-bond acceptors (Lipinski definition) is 4. The fraction of sp³-hybridized carbons (Fsp3) is 0.214. The Hall–Kier alpha value is -2.45. The molecule has 1 aromatic carbocycles. The van der Waals surface area contributed by atoms with Crippen LogP contribution in [0.2, 0.25) is 0 Å². The van der Waals surface area contributed by atoms with Gasteiger partial charge in [0, 0.05) is 13.2 Å². The first-order chi connectivity index (χ1) is 9.12. The van der Waals surface area contributed by atoms with Crippen molar-refractivity contribution in [1.82, 2.24) is 0 Å². The summed E-state index contributed by atoms with van der Waals surface area (Å²) < 4.78 is 5.06. The van der Waals surface area contributed by atoms with Crippen molar-refractivity contribution in [3.63, 3.8) is 0 Å². The lowest BCUT2D eigenvalue weighted by atomic mass is 9.86. The minimum atomic E-state index is -1.35. The van der Waals surface area contributed by atoms with Crippen molar-refractivity contribution in [1.29, 1.82) is 5.26 Å². The Morgan fingerprint density at radius 1 is 1.42 bits per heavy atom. The molecule has 5 nitrogen and oxygen atoms in total. The number of allylic oxidation sites excluding steroid dienone is 1. The Kier molecular flexibility index (Phi) is 3.45. The summed E-state index contributed by atoms with van der Waals surface area (Å²) in [7, 11) is 1.35. The van der Waals surface area contributed by atoms with E-state index in [2.05, 4.69) is 0 Å². The predicted octanol–water partition coefficient (Wildman–Crippen LogP) is 2.41. The molecule has 96 valence electrons. The molecule has 1 aromatic rings. The minimum absolute atomic E-state index is 0.0444. The van der Waals surface area contributed by atoms with Gasteiger partial charge in [0.05, 0.1) is 10.8 Å². The third-order valence-electron chi connectivity index (χ3n) is 3.10. The van der Waals surface area contributed by atoms with E-state index in [1.165, 1.54) is 13.2 Å². The first-order valence-electron chi connectivity index (χ1n) is 5.70. The molecular formula is C14H12N2O3. The molecule has 0 saturated carbocycles. The van der Waals surface area contributed by atoms with Gasteiger partial charge in [-0.1, -0.05) is 36.4 Å². The van der Waals surface area contributed by atoms with E-state index >= 15 is 0 Å². The monoisotopic (exact) mass is 256 g/mol. The van der Waals surface area contributed by atoms with Crippen LogP contribution in [0.15, 0.2) is 54.3 Å². The topological polar surface area (TPSA) is 76.2 Å². The Bertz CT molecular complexity index is 586. The second kappa shape index (κ2) is 5.04. The standard InChI is InChI=1S/C14H12N2O3/c1-19-14(10-15)8-7-12(13(9-14)16(17)18)11-5-3-2-4-6-11/h2-9,12H,1H3. The molecular weight excluding hydrogens is 244 g/mol. The zero-order chi connectivity index (χ0) is 13.9. The Labute approximate surface area is 110 Å². The molecule has 1 aliphatic carbocycles. The van der Waals surface area contributed by atoms with E-state index in [1.807, 2.05) is 36.4 Å². The summed E-state index contributed by atoms with van der Waals surface area (Å²) in [6, 6.07) is 11.1. The van der Waals surface area contributed by atoms with Gasteiger partial charge in [-0.2, -0.15) is 5.26 Å². The van der Waals surface area contributed by atoms with Crippen LogP contribution in [0.25, 0.3) is 0 Å². The molecule has 2 unspecified atom stereocenters. The SMILES string of the molecule is COC1(C#N)C=CC(c2ccccc2)C([N+](=O)[O-])=C1. The molecule has 1 aliphatic rings. The van der Waals surface area contributed by atoms with Crippen LogP contribution in [0.4, 0.5) is 0 Å². The molecule has 0 amide bonds. The maximum absolute atomic E-state index is 11.2. The zero-order valence-corrected chi connectivity index (χ0v) is 10.3. The average molecular weight is 256 g/mol. The van der Waals surface area contributed by atoms with Crippen molar-refractivity contribution in [3.8, 4) is 6.07 Å². The lowest BCUT2D eigenvalue weighted by Gasteiger charge is -2.23. The van der Waals surface area contributed by atoms with Gasteiger partial charge in [0.1, 0.15) is 6.07 Å². The Morgan fingerprint density at radius 2 is 2.11 bits per heavy atom. The summed E-state index contributed by atoms with van der Waals surface area (Å²) >= 11 is 0. The van der Waals surface area contributed by atoms with Crippen LogP contribution < -0.4 is 0 Å². The first-order valence-corrected chi connectivity index (χ1v) is 5.70. The molecule has 0 aliphatic heterocycles. The normalized spacial score (nSPS) is 25.5. The number of benzene rings is 1. The highest BCUT2D eigenvalue weighted by Crippen LogP contribution is 2.34. The number of nitrogens with zero attached hydrogens (tertiary/aromatic N) is 2. The second-order valence-electron chi connectivity index (χ2n) is 4.18. The lowest BCUT2D eigenvalue weighted by Crippen LogP contribution is -2.29. The van der Waals surface area contributed by atoms with Crippen LogP contribution in [0.3, 0.4) is 0 Å². The average Bonchev–Trinajstić information content (AvgIpc) is 2.47. The third-order valence-corrected chi connectivity index (χ3v) is 3.10. The molecule has 0 saturated heterocycles. The van der Waals surface area contributed by atoms with Crippen molar-refractivity contribution < 1.29 is 9.66 Å². The predicted molar refractivity (Wildman–Crippen MR) is 68.8 cm³/mol. The molecule has 0 aromatic heterocycles. The van der Waals surface area contributed by atoms with E-state index in [4.69, 9.17) is 10.00 Å². The molecule has 0 N–H and O–H groups in total. The first kappa shape index (κ1) is 13.0. The Morgan fingerprint density at radius 3 is 2.63 bits per heavy atom. The summed E-state index contributed by atoms with van der Waals surface area (Å²) in [5, 5.41) is 20.3. The van der Waals surface area contributed by atoms with Crippen molar-refractivity contribution >= 4 is 0 Å². The molecule has 0 radical (unpaired) electrons. The molecule has 0 heterocycles. The quantitative estimate of drug-likeness (QED) is 0.472. The van der Waals surface area contributed by atoms with Gasteiger partial charge in [0.15, 0.2) is 5.60 Å². The molecule has 2 rings (SSSR count). The number of methoxy groups -OCH3 is 1. The van der Waals surface area contributed by atoms with Crippen LogP contribution in [0, 0.1) is 21.4 Å². The molecule has 19 heavy (non-hydrogen) atoms. The van der Waals surface area contributed by atoms with Crippen molar-refractivity contribution in [2.75, 3.05) is 7.11 Å². The maximum Gasteiger partial charge on any atom is 0.257 e. The largest absolute Gasteiger partial charge is 0.356 e. The van der Waals surface area contributed by atoms with Gasteiger partial charge < -0.3 is 4.74 Å². The number of nitro groups is 1. The fourth-order valence-corrected chi connectivity index (χ4v) is 2.05. The molecule has 0 bridgehead atoms. The van der Waals surface area contributed by atoms with Gasteiger partial charge in [0.2, 0.25) is 0 Å². The third kappa shape index (κ3) is 2.39. The van der Waals surface area contributed by atoms with Gasteiger partial charge in [-0.3, -0.25) is 10.1 Å². The fourth-order valence-electron chi connectivity index (χ4n) is 2.05. The van der Waals surface area contributed by atoms with E-state index in [0.29, 0.717) is 0 Å². The lowest BCUT2D eigenvalue weighted by molar-refractivity contribution is -0.430. The highest BCUT2D eigenvalue weighted by Gasteiger charge is 2.37. The van der Waals surface area contributed by atoms with Crippen molar-refractivity contribution in [3.05, 3.63) is 69.9 Å². The summed E-state index contributed by atoms with van der Waals surface area (Å²) in [6.07, 6.45) is 4.46. The number of hydrogen-bond donors (Lipinski definition) is 0. The van der Waals surface area contributed by atoms with Gasteiger partial charge in [-0.15, -0.1) is 0 Å². The molecule has 5 heteroatoms. The summed E-state index contributed by atoms with van der Waals surface area (Å²) in [6.45, 7) is 0. The maximum atomic E-state index is 11.2. The van der Waals surface area contributed by atoms with Crippen LogP contribution >= 0.6 is 0 Å². The number of ether oxygens (including phenoxy) is 1. The molecule has 0 spiro atoms. The van der Waals surface area contributed by atoms with E-state index in [9.17, 15) is 10.1 Å². The van der Waals surface area contributed by atoms with Gasteiger partial charge in [-0.05, 0) is 11.6 Å². The smallest absolute Gasteiger partial charge is 0.257 e. The van der Waals surface area contributed by atoms with Crippen LogP contribution in [-0.4, -0.2) is 17.6 Å². The van der Waals surface area contributed by atoms with E-state index in [1.54, 1.807) is 12.2 Å². The van der Waals surface area contributed by atoms with Crippen LogP contribution in [-0.2, 0) is 4.74 Å². The molecule has 2 atom stereocenters. The van der Waals surface area contributed by atoms with E-state index in [-0.39, 0.29) is 5.70 Å². The van der Waals surface area contributed by atoms with E-state index in [0.717, 1.165) is 5.56 Å². The van der Waals surface area contributed by atoms with Crippen LogP contribution in [0.5, 0.6) is 0 Å².